The number of amidine groups is 1. The summed E-state index contributed by atoms with van der Waals surface area (Å²) in [6, 6.07) is 15.8. The van der Waals surface area contributed by atoms with Crippen LogP contribution >= 0.6 is 11.6 Å². The molecule has 0 spiro atoms. The Morgan fingerprint density at radius 2 is 2.07 bits per heavy atom. The molecule has 2 aliphatic rings. The third-order valence-corrected chi connectivity index (χ3v) is 5.30. The van der Waals surface area contributed by atoms with Crippen LogP contribution in [-0.2, 0) is 11.3 Å². The third kappa shape index (κ3) is 3.15. The zero-order chi connectivity index (χ0) is 19.8. The number of hydrogen-bond acceptors (Lipinski definition) is 5. The molecule has 0 fully saturated rings. The first-order valence-corrected chi connectivity index (χ1v) is 9.63. The lowest BCUT2D eigenvalue weighted by atomic mass is 10.1. The summed E-state index contributed by atoms with van der Waals surface area (Å²) in [4.78, 5) is 6.77. The van der Waals surface area contributed by atoms with Crippen molar-refractivity contribution in [1.29, 1.82) is 0 Å². The van der Waals surface area contributed by atoms with Gasteiger partial charge in [0, 0.05) is 23.3 Å². The first-order valence-electron chi connectivity index (χ1n) is 9.25. The van der Waals surface area contributed by atoms with Gasteiger partial charge in [0.15, 0.2) is 5.84 Å². The molecule has 1 atom stereocenters. The zero-order valence-electron chi connectivity index (χ0n) is 15.8. The third-order valence-electron chi connectivity index (χ3n) is 5.06. The Hall–Kier alpha value is -3.27. The highest BCUT2D eigenvalue weighted by Crippen LogP contribution is 2.36. The van der Waals surface area contributed by atoms with Gasteiger partial charge in [-0.15, -0.1) is 0 Å². The van der Waals surface area contributed by atoms with Gasteiger partial charge in [-0.2, -0.15) is 5.10 Å². The first-order chi connectivity index (χ1) is 14.2. The van der Waals surface area contributed by atoms with Gasteiger partial charge in [-0.3, -0.25) is 9.99 Å². The largest absolute Gasteiger partial charge is 0.377 e. The molecule has 2 aliphatic heterocycles. The molecule has 6 nitrogen and oxygen atoms in total. The Morgan fingerprint density at radius 1 is 1.21 bits per heavy atom. The predicted molar refractivity (Wildman–Crippen MR) is 112 cm³/mol. The van der Waals surface area contributed by atoms with E-state index in [4.69, 9.17) is 16.3 Å². The molecule has 0 bridgehead atoms. The first kappa shape index (κ1) is 17.8. The average molecular weight is 404 g/mol. The molecule has 3 heterocycles. The Labute approximate surface area is 173 Å². The number of nitrogens with zero attached hydrogens (tertiary/aromatic N) is 4. The van der Waals surface area contributed by atoms with Crippen molar-refractivity contribution in [3.63, 3.8) is 0 Å². The molecular weight excluding hydrogens is 386 g/mol. The van der Waals surface area contributed by atoms with Crippen molar-refractivity contribution in [2.75, 3.05) is 13.7 Å². The van der Waals surface area contributed by atoms with E-state index in [0.717, 1.165) is 34.0 Å². The van der Waals surface area contributed by atoms with Crippen LogP contribution in [0, 0.1) is 11.8 Å². The summed E-state index contributed by atoms with van der Waals surface area (Å²) in [7, 11) is 1.67. The highest BCUT2D eigenvalue weighted by Gasteiger charge is 2.35. The van der Waals surface area contributed by atoms with Crippen molar-refractivity contribution < 1.29 is 4.74 Å². The number of nitrogens with one attached hydrogen (secondary N) is 1. The molecule has 0 saturated carbocycles. The number of fused-ring (bicyclic) bond motifs is 5. The molecule has 0 amide bonds. The van der Waals surface area contributed by atoms with Gasteiger partial charge >= 0.3 is 0 Å². The Bertz CT molecular complexity index is 1160. The van der Waals surface area contributed by atoms with Crippen LogP contribution in [0.5, 0.6) is 0 Å². The fourth-order valence-electron chi connectivity index (χ4n) is 3.70. The van der Waals surface area contributed by atoms with E-state index in [9.17, 15) is 0 Å². The summed E-state index contributed by atoms with van der Waals surface area (Å²) in [6.07, 6.45) is 1.70. The van der Waals surface area contributed by atoms with Crippen LogP contribution in [0.3, 0.4) is 0 Å². The molecule has 1 N–H and O–H groups in total. The second-order valence-electron chi connectivity index (χ2n) is 6.85. The summed E-state index contributed by atoms with van der Waals surface area (Å²) in [6.45, 7) is 1.02. The van der Waals surface area contributed by atoms with Crippen LogP contribution in [0.15, 0.2) is 60.0 Å². The minimum absolute atomic E-state index is 0.122. The molecule has 5 rings (SSSR count). The molecule has 7 heteroatoms. The maximum absolute atomic E-state index is 6.31. The minimum atomic E-state index is -0.122. The summed E-state index contributed by atoms with van der Waals surface area (Å²) < 4.78 is 7.43. The SMILES string of the molecule is COCC1=NNC2c3cc(Cl)ccc3-n3cnc(C#Cc4ccccc4)c3CN12. The van der Waals surface area contributed by atoms with Crippen molar-refractivity contribution >= 4 is 17.4 Å². The Balaban J connectivity index is 1.63. The maximum Gasteiger partial charge on any atom is 0.153 e. The number of aromatic nitrogens is 2. The van der Waals surface area contributed by atoms with Gasteiger partial charge in [0.05, 0.1) is 17.9 Å². The lowest BCUT2D eigenvalue weighted by Gasteiger charge is -2.25. The van der Waals surface area contributed by atoms with Gasteiger partial charge in [0.25, 0.3) is 0 Å². The average Bonchev–Trinajstić information content (AvgIpc) is 3.29. The van der Waals surface area contributed by atoms with Crippen molar-refractivity contribution in [3.05, 3.63) is 82.4 Å². The number of benzene rings is 2. The molecular formula is C22H18ClN5O. The van der Waals surface area contributed by atoms with Gasteiger partial charge < -0.3 is 9.64 Å². The summed E-state index contributed by atoms with van der Waals surface area (Å²) in [5, 5.41) is 5.16. The topological polar surface area (TPSA) is 54.7 Å². The summed E-state index contributed by atoms with van der Waals surface area (Å²) in [5.41, 5.74) is 7.98. The van der Waals surface area contributed by atoms with E-state index in [2.05, 4.69) is 36.8 Å². The number of hydrazone groups is 1. The molecule has 144 valence electrons. The van der Waals surface area contributed by atoms with E-state index in [1.807, 2.05) is 54.9 Å². The van der Waals surface area contributed by atoms with E-state index in [1.165, 1.54) is 0 Å². The molecule has 0 radical (unpaired) electrons. The number of hydrogen-bond donors (Lipinski definition) is 1. The lowest BCUT2D eigenvalue weighted by molar-refractivity contribution is 0.221. The number of rotatable bonds is 2. The standard InChI is InChI=1S/C22H18ClN5O/c1-29-13-21-25-26-22-17-11-16(23)8-10-19(17)28-14-24-18(20(28)12-27(21)22)9-7-15-5-3-2-4-6-15/h2-6,8,10-11,14,22,26H,12-13H2,1H3. The maximum atomic E-state index is 6.31. The molecule has 1 aromatic heterocycles. The number of halogens is 1. The van der Waals surface area contributed by atoms with E-state index in [-0.39, 0.29) is 6.17 Å². The molecule has 29 heavy (non-hydrogen) atoms. The monoisotopic (exact) mass is 403 g/mol. The highest BCUT2D eigenvalue weighted by atomic mass is 35.5. The smallest absolute Gasteiger partial charge is 0.153 e. The van der Waals surface area contributed by atoms with Crippen LogP contribution in [0.2, 0.25) is 5.02 Å². The van der Waals surface area contributed by atoms with Crippen LogP contribution in [0.25, 0.3) is 5.69 Å². The van der Waals surface area contributed by atoms with Crippen LogP contribution in [0.4, 0.5) is 0 Å². The molecule has 1 unspecified atom stereocenters. The van der Waals surface area contributed by atoms with E-state index in [0.29, 0.717) is 18.2 Å². The second-order valence-corrected chi connectivity index (χ2v) is 7.29. The van der Waals surface area contributed by atoms with Crippen LogP contribution < -0.4 is 5.43 Å². The lowest BCUT2D eigenvalue weighted by Crippen LogP contribution is -2.34. The Morgan fingerprint density at radius 3 is 2.90 bits per heavy atom. The van der Waals surface area contributed by atoms with Crippen LogP contribution in [-0.4, -0.2) is 34.0 Å². The van der Waals surface area contributed by atoms with Gasteiger partial charge in [-0.1, -0.05) is 35.7 Å². The number of ether oxygens (including phenoxy) is 1. The van der Waals surface area contributed by atoms with E-state index >= 15 is 0 Å². The quantitative estimate of drug-likeness (QED) is 0.667. The van der Waals surface area contributed by atoms with Crippen molar-refractivity contribution in [2.45, 2.75) is 12.7 Å². The zero-order valence-corrected chi connectivity index (χ0v) is 16.5. The fourth-order valence-corrected chi connectivity index (χ4v) is 3.88. The summed E-state index contributed by atoms with van der Waals surface area (Å²) >= 11 is 6.31. The predicted octanol–water partition coefficient (Wildman–Crippen LogP) is 3.30. The number of methoxy groups -OCH3 is 1. The normalized spacial score (nSPS) is 16.6. The van der Waals surface area contributed by atoms with Crippen molar-refractivity contribution in [1.82, 2.24) is 19.9 Å². The minimum Gasteiger partial charge on any atom is -0.377 e. The van der Waals surface area contributed by atoms with Gasteiger partial charge in [0.1, 0.15) is 24.8 Å². The van der Waals surface area contributed by atoms with Gasteiger partial charge in [0.2, 0.25) is 0 Å². The van der Waals surface area contributed by atoms with E-state index < -0.39 is 0 Å². The molecule has 0 saturated heterocycles. The number of imidazole rings is 1. The molecule has 2 aromatic carbocycles. The Kier molecular flexibility index (Phi) is 4.47. The fraction of sp³-hybridized carbons (Fsp3) is 0.182. The molecule has 0 aliphatic carbocycles. The summed E-state index contributed by atoms with van der Waals surface area (Å²) in [5.74, 6) is 7.28. The highest BCUT2D eigenvalue weighted by molar-refractivity contribution is 6.30. The van der Waals surface area contributed by atoms with Crippen LogP contribution in [0.1, 0.15) is 28.7 Å². The van der Waals surface area contributed by atoms with E-state index in [1.54, 1.807) is 7.11 Å². The van der Waals surface area contributed by atoms with Crippen molar-refractivity contribution in [2.24, 2.45) is 5.10 Å². The van der Waals surface area contributed by atoms with Gasteiger partial charge in [-0.25, -0.2) is 4.98 Å². The second kappa shape index (κ2) is 7.28. The van der Waals surface area contributed by atoms with Gasteiger partial charge in [-0.05, 0) is 36.3 Å². The van der Waals surface area contributed by atoms with Crippen molar-refractivity contribution in [3.8, 4) is 17.5 Å². The molecule has 3 aromatic rings.